The molecule has 6 nitrogen and oxygen atoms in total. The molecule has 0 radical (unpaired) electrons. The van der Waals surface area contributed by atoms with Gasteiger partial charge in [-0.05, 0) is 55.4 Å². The number of hydrogen-bond donors (Lipinski definition) is 1. The molecule has 0 saturated heterocycles. The maximum atomic E-state index is 13.1. The zero-order valence-corrected chi connectivity index (χ0v) is 23.0. The summed E-state index contributed by atoms with van der Waals surface area (Å²) in [5, 5.41) is 7.43. The number of amides is 1. The number of hydrogen-bond acceptors (Lipinski definition) is 8. The summed E-state index contributed by atoms with van der Waals surface area (Å²) in [5.41, 5.74) is 3.73. The number of nitrogens with one attached hydrogen (secondary N) is 1. The van der Waals surface area contributed by atoms with Gasteiger partial charge < -0.3 is 10.1 Å². The van der Waals surface area contributed by atoms with E-state index in [1.54, 1.807) is 18.3 Å². The van der Waals surface area contributed by atoms with Crippen molar-refractivity contribution in [1.29, 1.82) is 0 Å². The Hall–Kier alpha value is -2.46. The minimum Gasteiger partial charge on any atom is -0.462 e. The molecule has 1 unspecified atom stereocenters. The van der Waals surface area contributed by atoms with Gasteiger partial charge in [0.1, 0.15) is 21.1 Å². The smallest absolute Gasteiger partial charge is 0.350 e. The lowest BCUT2D eigenvalue weighted by molar-refractivity contribution is -0.113. The SMILES string of the molecule is CCOC(=O)c1sc2c(c1NC(=O)CSc1ncnc3scc(-c4ccc(Cl)cc4)c13)CCC(C)C2. The molecule has 4 aromatic rings. The van der Waals surface area contributed by atoms with E-state index in [-0.39, 0.29) is 17.6 Å². The molecule has 0 bridgehead atoms. The van der Waals surface area contributed by atoms with E-state index in [9.17, 15) is 9.59 Å². The standard InChI is InChI=1S/C26H24ClN3O3S3/c1-3-33-26(32)23-22(17-9-4-14(2)10-19(17)36-23)30-20(31)12-35-25-21-18(11-34-24(21)28-13-29-25)15-5-7-16(27)8-6-15/h5-8,11,13-14H,3-4,9-10,12H2,1-2H3,(H,30,31). The molecule has 1 N–H and O–H groups in total. The quantitative estimate of drug-likeness (QED) is 0.148. The molecule has 1 aliphatic carbocycles. The number of carbonyl (C=O) groups is 2. The van der Waals surface area contributed by atoms with Crippen LogP contribution in [0, 0.1) is 5.92 Å². The fourth-order valence-corrected chi connectivity index (χ4v) is 7.61. The average Bonchev–Trinajstić information content (AvgIpc) is 3.45. The van der Waals surface area contributed by atoms with E-state index in [1.165, 1.54) is 34.3 Å². The van der Waals surface area contributed by atoms with Gasteiger partial charge in [0.05, 0.1) is 23.4 Å². The van der Waals surface area contributed by atoms with Crippen LogP contribution in [0.25, 0.3) is 21.3 Å². The third-order valence-corrected chi connectivity index (χ3v) is 9.43. The number of aromatic nitrogens is 2. The number of thiophene rings is 2. The lowest BCUT2D eigenvalue weighted by Gasteiger charge is -2.19. The van der Waals surface area contributed by atoms with Gasteiger partial charge in [-0.2, -0.15) is 0 Å². The fraction of sp³-hybridized carbons (Fsp3) is 0.308. The predicted molar refractivity (Wildman–Crippen MR) is 149 cm³/mol. The average molecular weight is 558 g/mol. The molecule has 1 aliphatic rings. The summed E-state index contributed by atoms with van der Waals surface area (Å²) in [6, 6.07) is 7.65. The summed E-state index contributed by atoms with van der Waals surface area (Å²) in [4.78, 5) is 37.2. The topological polar surface area (TPSA) is 81.2 Å². The Kier molecular flexibility index (Phi) is 7.62. The number of rotatable bonds is 7. The first-order valence-corrected chi connectivity index (χ1v) is 14.7. The van der Waals surface area contributed by atoms with Crippen LogP contribution in [0.3, 0.4) is 0 Å². The Bertz CT molecular complexity index is 1430. The number of thioether (sulfide) groups is 1. The lowest BCUT2D eigenvalue weighted by atomic mass is 9.89. The molecule has 1 atom stereocenters. The van der Waals surface area contributed by atoms with Crippen molar-refractivity contribution in [2.24, 2.45) is 5.92 Å². The zero-order valence-electron chi connectivity index (χ0n) is 19.8. The maximum absolute atomic E-state index is 13.1. The molecule has 3 heterocycles. The van der Waals surface area contributed by atoms with E-state index in [0.29, 0.717) is 28.1 Å². The van der Waals surface area contributed by atoms with Gasteiger partial charge in [0.15, 0.2) is 0 Å². The molecule has 3 aromatic heterocycles. The van der Waals surface area contributed by atoms with Crippen molar-refractivity contribution in [3.05, 3.63) is 56.3 Å². The van der Waals surface area contributed by atoms with E-state index < -0.39 is 0 Å². The van der Waals surface area contributed by atoms with Crippen molar-refractivity contribution in [3.8, 4) is 11.1 Å². The van der Waals surface area contributed by atoms with Gasteiger partial charge in [-0.1, -0.05) is 42.4 Å². The fourth-order valence-electron chi connectivity index (χ4n) is 4.33. The number of fused-ring (bicyclic) bond motifs is 2. The van der Waals surface area contributed by atoms with Crippen molar-refractivity contribution >= 4 is 73.8 Å². The van der Waals surface area contributed by atoms with Gasteiger partial charge in [0.2, 0.25) is 5.91 Å². The molecular formula is C26H24ClN3O3S3. The van der Waals surface area contributed by atoms with Gasteiger partial charge in [0.25, 0.3) is 0 Å². The highest BCUT2D eigenvalue weighted by atomic mass is 35.5. The van der Waals surface area contributed by atoms with Crippen LogP contribution in [-0.4, -0.2) is 34.2 Å². The number of halogens is 1. The number of esters is 1. The molecule has 0 spiro atoms. The van der Waals surface area contributed by atoms with Crippen molar-refractivity contribution in [2.75, 3.05) is 17.7 Å². The van der Waals surface area contributed by atoms with Gasteiger partial charge in [0, 0.05) is 20.8 Å². The second-order valence-corrected chi connectivity index (χ2v) is 12.0. The van der Waals surface area contributed by atoms with E-state index in [0.717, 1.165) is 51.2 Å². The Morgan fingerprint density at radius 3 is 2.83 bits per heavy atom. The summed E-state index contributed by atoms with van der Waals surface area (Å²) >= 11 is 10.4. The second-order valence-electron chi connectivity index (χ2n) is 8.63. The van der Waals surface area contributed by atoms with E-state index in [2.05, 4.69) is 27.6 Å². The second kappa shape index (κ2) is 10.9. The number of anilines is 1. The molecule has 5 rings (SSSR count). The van der Waals surface area contributed by atoms with Crippen LogP contribution in [0.2, 0.25) is 5.02 Å². The minimum atomic E-state index is -0.379. The van der Waals surface area contributed by atoms with Crippen LogP contribution >= 0.6 is 46.0 Å². The Morgan fingerprint density at radius 2 is 2.06 bits per heavy atom. The van der Waals surface area contributed by atoms with E-state index in [4.69, 9.17) is 16.3 Å². The molecule has 186 valence electrons. The Balaban J connectivity index is 1.38. The van der Waals surface area contributed by atoms with Gasteiger partial charge in [-0.3, -0.25) is 4.79 Å². The van der Waals surface area contributed by atoms with Crippen LogP contribution in [0.5, 0.6) is 0 Å². The predicted octanol–water partition coefficient (Wildman–Crippen LogP) is 7.11. The van der Waals surface area contributed by atoms with Crippen LogP contribution < -0.4 is 5.32 Å². The highest BCUT2D eigenvalue weighted by Gasteiger charge is 2.28. The summed E-state index contributed by atoms with van der Waals surface area (Å²) in [7, 11) is 0. The van der Waals surface area contributed by atoms with Crippen molar-refractivity contribution in [1.82, 2.24) is 9.97 Å². The van der Waals surface area contributed by atoms with Gasteiger partial charge in [-0.25, -0.2) is 14.8 Å². The van der Waals surface area contributed by atoms with Crippen LogP contribution in [0.4, 0.5) is 5.69 Å². The lowest BCUT2D eigenvalue weighted by Crippen LogP contribution is -2.18. The first-order valence-electron chi connectivity index (χ1n) is 11.7. The number of benzene rings is 1. The van der Waals surface area contributed by atoms with Gasteiger partial charge >= 0.3 is 5.97 Å². The third-order valence-electron chi connectivity index (χ3n) is 6.07. The molecule has 0 saturated carbocycles. The van der Waals surface area contributed by atoms with Crippen molar-refractivity contribution in [3.63, 3.8) is 0 Å². The van der Waals surface area contributed by atoms with E-state index >= 15 is 0 Å². The molecular weight excluding hydrogens is 534 g/mol. The molecule has 1 amide bonds. The number of ether oxygens (including phenoxy) is 1. The maximum Gasteiger partial charge on any atom is 0.350 e. The monoisotopic (exact) mass is 557 g/mol. The molecule has 0 aliphatic heterocycles. The zero-order chi connectivity index (χ0) is 25.2. The largest absolute Gasteiger partial charge is 0.462 e. The number of nitrogens with zero attached hydrogens (tertiary/aromatic N) is 2. The molecule has 36 heavy (non-hydrogen) atoms. The number of carbonyl (C=O) groups excluding carboxylic acids is 2. The normalized spacial score (nSPS) is 15.0. The van der Waals surface area contributed by atoms with Crippen LogP contribution in [-0.2, 0) is 22.4 Å². The summed E-state index contributed by atoms with van der Waals surface area (Å²) < 4.78 is 5.28. The van der Waals surface area contributed by atoms with Gasteiger partial charge in [-0.15, -0.1) is 22.7 Å². The van der Waals surface area contributed by atoms with Crippen molar-refractivity contribution < 1.29 is 14.3 Å². The summed E-state index contributed by atoms with van der Waals surface area (Å²) in [5.74, 6) is 0.160. The molecule has 10 heteroatoms. The Labute approximate surface area is 226 Å². The molecule has 0 fully saturated rings. The summed E-state index contributed by atoms with van der Waals surface area (Å²) in [6.45, 7) is 4.29. The van der Waals surface area contributed by atoms with Crippen LogP contribution in [0.15, 0.2) is 41.0 Å². The highest BCUT2D eigenvalue weighted by Crippen LogP contribution is 2.41. The first-order chi connectivity index (χ1) is 17.4. The Morgan fingerprint density at radius 1 is 1.25 bits per heavy atom. The first kappa shape index (κ1) is 25.2. The highest BCUT2D eigenvalue weighted by molar-refractivity contribution is 8.00. The minimum absolute atomic E-state index is 0.158. The van der Waals surface area contributed by atoms with Crippen LogP contribution in [0.1, 0.15) is 40.4 Å². The molecule has 1 aromatic carbocycles. The van der Waals surface area contributed by atoms with E-state index in [1.807, 2.05) is 24.3 Å². The third kappa shape index (κ3) is 5.16. The van der Waals surface area contributed by atoms with Crippen molar-refractivity contribution in [2.45, 2.75) is 38.1 Å². The summed E-state index contributed by atoms with van der Waals surface area (Å²) in [6.07, 6.45) is 4.33.